The summed E-state index contributed by atoms with van der Waals surface area (Å²) < 4.78 is 0. The van der Waals surface area contributed by atoms with Crippen LogP contribution < -0.4 is 0 Å². The van der Waals surface area contributed by atoms with E-state index in [4.69, 9.17) is 15.3 Å². The molecule has 10 heavy (non-hydrogen) atoms. The Morgan fingerprint density at radius 3 is 1.80 bits per heavy atom. The van der Waals surface area contributed by atoms with Crippen LogP contribution in [0.5, 0.6) is 0 Å². The van der Waals surface area contributed by atoms with E-state index in [1.165, 1.54) is 0 Å². The Labute approximate surface area is 69.4 Å². The molecule has 5 nitrogen and oxygen atoms in total. The minimum atomic E-state index is -1.79. The second kappa shape index (κ2) is 5.32. The van der Waals surface area contributed by atoms with Gasteiger partial charge in [0.25, 0.3) is 0 Å². The maximum atomic E-state index is 9.72. The molecule has 0 rings (SSSR count). The van der Waals surface area contributed by atoms with Gasteiger partial charge in [0.15, 0.2) is 6.10 Å². The van der Waals surface area contributed by atoms with E-state index in [0.717, 1.165) is 0 Å². The standard InChI is InChI=1S/C4H6O5.Ru/c5-2(4(8)9)1-3(6)7;/h2,5H,1H2,(H,6,7)(H,8,9);. The molecule has 0 aliphatic rings. The normalized spacial score (nSPS) is 11.3. The molecule has 0 heterocycles. The molecular formula is C4H6O5Ru. The fourth-order valence-corrected chi connectivity index (χ4v) is 0.253. The first-order chi connectivity index (χ1) is 4.04. The van der Waals surface area contributed by atoms with Crippen LogP contribution in [0.2, 0.25) is 0 Å². The van der Waals surface area contributed by atoms with Gasteiger partial charge < -0.3 is 15.3 Å². The Balaban J connectivity index is 0. The Kier molecular flexibility index (Phi) is 6.50. The Hall–Kier alpha value is -0.477. The molecule has 60 valence electrons. The number of carbonyl (C=O) groups is 2. The third kappa shape index (κ3) is 5.66. The first-order valence-corrected chi connectivity index (χ1v) is 2.16. The molecule has 0 aromatic carbocycles. The van der Waals surface area contributed by atoms with Gasteiger partial charge in [0.05, 0.1) is 6.42 Å². The van der Waals surface area contributed by atoms with Crippen LogP contribution in [0.3, 0.4) is 0 Å². The van der Waals surface area contributed by atoms with Crippen LogP contribution in [-0.4, -0.2) is 33.4 Å². The summed E-state index contributed by atoms with van der Waals surface area (Å²) in [6.45, 7) is 0. The summed E-state index contributed by atoms with van der Waals surface area (Å²) in [6.07, 6.45) is -2.54. The van der Waals surface area contributed by atoms with E-state index in [1.807, 2.05) is 0 Å². The fraction of sp³-hybridized carbons (Fsp3) is 0.500. The summed E-state index contributed by atoms with van der Waals surface area (Å²) in [6, 6.07) is 0. The molecule has 0 aliphatic carbocycles. The summed E-state index contributed by atoms with van der Waals surface area (Å²) in [7, 11) is 0. The van der Waals surface area contributed by atoms with Crippen LogP contribution in [0.25, 0.3) is 0 Å². The average Bonchev–Trinajstić information content (AvgIpc) is 1.63. The van der Waals surface area contributed by atoms with Crippen molar-refractivity contribution in [3.05, 3.63) is 0 Å². The minimum absolute atomic E-state index is 0. The predicted molar refractivity (Wildman–Crippen MR) is 25.9 cm³/mol. The molecule has 1 unspecified atom stereocenters. The Morgan fingerprint density at radius 1 is 1.30 bits per heavy atom. The molecule has 0 bridgehead atoms. The smallest absolute Gasteiger partial charge is 0.333 e. The van der Waals surface area contributed by atoms with Crippen LogP contribution in [0.4, 0.5) is 0 Å². The largest absolute Gasteiger partial charge is 0.481 e. The van der Waals surface area contributed by atoms with Crippen molar-refractivity contribution in [2.45, 2.75) is 12.5 Å². The minimum Gasteiger partial charge on any atom is -0.481 e. The maximum Gasteiger partial charge on any atom is 0.333 e. The zero-order chi connectivity index (χ0) is 7.44. The third-order valence-corrected chi connectivity index (χ3v) is 0.653. The van der Waals surface area contributed by atoms with Crippen LogP contribution in [0.15, 0.2) is 0 Å². The number of hydrogen-bond acceptors (Lipinski definition) is 3. The summed E-state index contributed by atoms with van der Waals surface area (Å²) >= 11 is 0. The predicted octanol–water partition coefficient (Wildman–Crippen LogP) is -1.10. The van der Waals surface area contributed by atoms with Gasteiger partial charge in [-0.05, 0) is 0 Å². The fourth-order valence-electron chi connectivity index (χ4n) is 0.253. The van der Waals surface area contributed by atoms with Crippen LogP contribution in [0.1, 0.15) is 6.42 Å². The Morgan fingerprint density at radius 2 is 1.70 bits per heavy atom. The molecule has 3 N–H and O–H groups in total. The van der Waals surface area contributed by atoms with E-state index < -0.39 is 24.5 Å². The molecule has 0 fully saturated rings. The molecular weight excluding hydrogens is 229 g/mol. The molecule has 0 aromatic rings. The number of aliphatic hydroxyl groups is 1. The quantitative estimate of drug-likeness (QED) is 0.540. The summed E-state index contributed by atoms with van der Waals surface area (Å²) in [5.74, 6) is -2.85. The van der Waals surface area contributed by atoms with Crippen molar-refractivity contribution in [2.75, 3.05) is 0 Å². The van der Waals surface area contributed by atoms with Gasteiger partial charge in [-0.15, -0.1) is 0 Å². The van der Waals surface area contributed by atoms with Gasteiger partial charge in [-0.25, -0.2) is 4.79 Å². The van der Waals surface area contributed by atoms with Crippen molar-refractivity contribution in [2.24, 2.45) is 0 Å². The second-order valence-electron chi connectivity index (χ2n) is 1.45. The maximum absolute atomic E-state index is 9.72. The van der Waals surface area contributed by atoms with Gasteiger partial charge in [-0.2, -0.15) is 0 Å². The van der Waals surface area contributed by atoms with Gasteiger partial charge in [0, 0.05) is 19.5 Å². The monoisotopic (exact) mass is 236 g/mol. The number of hydrogen-bond donors (Lipinski definition) is 3. The summed E-state index contributed by atoms with van der Waals surface area (Å²) in [5.41, 5.74) is 0. The number of aliphatic carboxylic acids is 2. The van der Waals surface area contributed by atoms with E-state index >= 15 is 0 Å². The van der Waals surface area contributed by atoms with Gasteiger partial charge in [0.1, 0.15) is 0 Å². The van der Waals surface area contributed by atoms with E-state index in [1.54, 1.807) is 0 Å². The molecule has 6 heteroatoms. The van der Waals surface area contributed by atoms with Gasteiger partial charge >= 0.3 is 11.9 Å². The Bertz CT molecular complexity index is 134. The van der Waals surface area contributed by atoms with Crippen molar-refractivity contribution in [3.63, 3.8) is 0 Å². The van der Waals surface area contributed by atoms with Crippen LogP contribution >= 0.6 is 0 Å². The molecule has 0 radical (unpaired) electrons. The van der Waals surface area contributed by atoms with Gasteiger partial charge in [0.2, 0.25) is 0 Å². The van der Waals surface area contributed by atoms with Gasteiger partial charge in [-0.3, -0.25) is 4.79 Å². The van der Waals surface area contributed by atoms with Gasteiger partial charge in [-0.1, -0.05) is 0 Å². The summed E-state index contributed by atoms with van der Waals surface area (Å²) in [5, 5.41) is 24.1. The molecule has 0 saturated carbocycles. The van der Waals surface area contributed by atoms with E-state index in [0.29, 0.717) is 0 Å². The van der Waals surface area contributed by atoms with Crippen molar-refractivity contribution in [1.29, 1.82) is 0 Å². The van der Waals surface area contributed by atoms with Crippen molar-refractivity contribution < 1.29 is 44.4 Å². The molecule has 1 atom stereocenters. The summed E-state index contributed by atoms with van der Waals surface area (Å²) in [4.78, 5) is 19.4. The van der Waals surface area contributed by atoms with Crippen molar-refractivity contribution in [3.8, 4) is 0 Å². The zero-order valence-electron chi connectivity index (χ0n) is 4.80. The van der Waals surface area contributed by atoms with E-state index in [2.05, 4.69) is 0 Å². The van der Waals surface area contributed by atoms with Crippen LogP contribution in [-0.2, 0) is 29.1 Å². The molecule has 0 amide bonds. The molecule has 0 aliphatic heterocycles. The van der Waals surface area contributed by atoms with Crippen molar-refractivity contribution >= 4 is 11.9 Å². The topological polar surface area (TPSA) is 94.8 Å². The van der Waals surface area contributed by atoms with Crippen LogP contribution in [0, 0.1) is 0 Å². The molecule has 0 saturated heterocycles. The van der Waals surface area contributed by atoms with E-state index in [-0.39, 0.29) is 19.5 Å². The first kappa shape index (κ1) is 12.2. The zero-order valence-corrected chi connectivity index (χ0v) is 6.53. The second-order valence-corrected chi connectivity index (χ2v) is 1.45. The van der Waals surface area contributed by atoms with E-state index in [9.17, 15) is 9.59 Å². The molecule has 0 spiro atoms. The number of carboxylic acid groups (broad SMARTS) is 2. The number of aliphatic hydroxyl groups excluding tert-OH is 1. The first-order valence-electron chi connectivity index (χ1n) is 2.16. The SMILES string of the molecule is O=C(O)CC(O)C(=O)O.[Ru]. The molecule has 0 aromatic heterocycles. The van der Waals surface area contributed by atoms with Crippen molar-refractivity contribution in [1.82, 2.24) is 0 Å². The third-order valence-electron chi connectivity index (χ3n) is 0.653. The average molecular weight is 235 g/mol. The number of rotatable bonds is 3. The number of carboxylic acids is 2.